The summed E-state index contributed by atoms with van der Waals surface area (Å²) in [6.45, 7) is 0. The summed E-state index contributed by atoms with van der Waals surface area (Å²) in [5.41, 5.74) is 6.63. The van der Waals surface area contributed by atoms with Crippen molar-refractivity contribution in [3.8, 4) is 34.8 Å². The third-order valence-electron chi connectivity index (χ3n) is 4.37. The third kappa shape index (κ3) is 4.46. The lowest BCUT2D eigenvalue weighted by Crippen LogP contribution is -1.81. The van der Waals surface area contributed by atoms with Crippen LogP contribution in [0.2, 0.25) is 0 Å². The van der Waals surface area contributed by atoms with Crippen molar-refractivity contribution < 1.29 is 0 Å². The first-order valence-electron chi connectivity index (χ1n) is 9.02. The van der Waals surface area contributed by atoms with E-state index in [1.165, 1.54) is 16.7 Å². The summed E-state index contributed by atoms with van der Waals surface area (Å²) < 4.78 is 0. The minimum absolute atomic E-state index is 0.949. The maximum absolute atomic E-state index is 3.23. The molecule has 0 bridgehead atoms. The molecule has 3 aromatic carbocycles. The lowest BCUT2D eigenvalue weighted by Gasteiger charge is -2.02. The largest absolute Gasteiger partial charge is 0.0794 e. The van der Waals surface area contributed by atoms with Crippen LogP contribution in [0.15, 0.2) is 103 Å². The van der Waals surface area contributed by atoms with Crippen LogP contribution in [0.25, 0.3) is 11.1 Å². The summed E-state index contributed by atoms with van der Waals surface area (Å²) in [5, 5.41) is 0. The fraction of sp³-hybridized carbons (Fsp3) is 0.0370. The van der Waals surface area contributed by atoms with Gasteiger partial charge in [-0.25, -0.2) is 0 Å². The van der Waals surface area contributed by atoms with Crippen molar-refractivity contribution >= 4 is 0 Å². The first-order chi connectivity index (χ1) is 13.4. The van der Waals surface area contributed by atoms with Crippen LogP contribution >= 0.6 is 0 Å². The highest BCUT2D eigenvalue weighted by atomic mass is 14.0. The van der Waals surface area contributed by atoms with Crippen LogP contribution in [0.5, 0.6) is 0 Å². The Morgan fingerprint density at radius 3 is 1.56 bits per heavy atom. The van der Waals surface area contributed by atoms with E-state index in [0.717, 1.165) is 23.1 Å². The molecular weight excluding hydrogens is 324 g/mol. The number of benzene rings is 3. The van der Waals surface area contributed by atoms with Gasteiger partial charge in [0, 0.05) is 22.3 Å². The second-order valence-electron chi connectivity index (χ2n) is 6.34. The molecule has 0 saturated carbocycles. The Bertz CT molecular complexity index is 1100. The smallest absolute Gasteiger partial charge is 0.0249 e. The summed E-state index contributed by atoms with van der Waals surface area (Å²) in [7, 11) is 0. The fourth-order valence-corrected chi connectivity index (χ4v) is 2.85. The first kappa shape index (κ1) is 16.7. The molecule has 0 fully saturated rings. The summed E-state index contributed by atoms with van der Waals surface area (Å²) in [6.07, 6.45) is 7.20. The van der Waals surface area contributed by atoms with Gasteiger partial charge < -0.3 is 0 Å². The maximum Gasteiger partial charge on any atom is 0.0249 e. The van der Waals surface area contributed by atoms with E-state index in [9.17, 15) is 0 Å². The Hall–Kier alpha value is -3.74. The van der Waals surface area contributed by atoms with Gasteiger partial charge in [0.15, 0.2) is 0 Å². The molecule has 0 spiro atoms. The Morgan fingerprint density at radius 1 is 0.519 bits per heavy atom. The van der Waals surface area contributed by atoms with Crippen molar-refractivity contribution in [2.24, 2.45) is 0 Å². The van der Waals surface area contributed by atoms with Crippen LogP contribution in [0.3, 0.4) is 0 Å². The zero-order chi connectivity index (χ0) is 18.3. The topological polar surface area (TPSA) is 0 Å². The van der Waals surface area contributed by atoms with Gasteiger partial charge >= 0.3 is 0 Å². The summed E-state index contributed by atoms with van der Waals surface area (Å²) in [4.78, 5) is 0. The van der Waals surface area contributed by atoms with E-state index in [2.05, 4.69) is 90.4 Å². The molecule has 0 aromatic heterocycles. The van der Waals surface area contributed by atoms with Gasteiger partial charge in [-0.3, -0.25) is 0 Å². The van der Waals surface area contributed by atoms with Crippen molar-refractivity contribution in [2.45, 2.75) is 6.42 Å². The molecule has 3 aromatic rings. The van der Waals surface area contributed by atoms with Crippen LogP contribution < -0.4 is 0 Å². The standard InChI is InChI=1S/C27H18/c1-2-6-22(7-3-1)10-12-24-14-18-26(19-15-24)27-20-16-25(17-21-27)13-11-23-8-4-5-9-23/h1-8,14-21H,9H2. The van der Waals surface area contributed by atoms with Gasteiger partial charge in [-0.05, 0) is 53.9 Å². The van der Waals surface area contributed by atoms with E-state index in [1.807, 2.05) is 30.3 Å². The van der Waals surface area contributed by atoms with Crippen LogP contribution in [0.4, 0.5) is 0 Å². The highest BCUT2D eigenvalue weighted by Crippen LogP contribution is 2.20. The minimum atomic E-state index is 0.949. The molecule has 126 valence electrons. The fourth-order valence-electron chi connectivity index (χ4n) is 2.85. The molecular formula is C27H18. The molecule has 0 saturated heterocycles. The van der Waals surface area contributed by atoms with E-state index in [-0.39, 0.29) is 0 Å². The van der Waals surface area contributed by atoms with Gasteiger partial charge in [0.05, 0.1) is 0 Å². The minimum Gasteiger partial charge on any atom is -0.0794 e. The van der Waals surface area contributed by atoms with Crippen molar-refractivity contribution in [3.63, 3.8) is 0 Å². The molecule has 0 heterocycles. The van der Waals surface area contributed by atoms with Gasteiger partial charge in [-0.1, -0.05) is 84.4 Å². The van der Waals surface area contributed by atoms with E-state index in [4.69, 9.17) is 0 Å². The zero-order valence-corrected chi connectivity index (χ0v) is 14.9. The molecule has 0 atom stereocenters. The predicted octanol–water partition coefficient (Wildman–Crippen LogP) is 5.99. The molecule has 27 heavy (non-hydrogen) atoms. The second-order valence-corrected chi connectivity index (χ2v) is 6.34. The monoisotopic (exact) mass is 342 g/mol. The van der Waals surface area contributed by atoms with Gasteiger partial charge in [-0.2, -0.15) is 0 Å². The second kappa shape index (κ2) is 8.09. The Kier molecular flexibility index (Phi) is 5.01. The zero-order valence-electron chi connectivity index (χ0n) is 14.9. The molecule has 0 N–H and O–H groups in total. The average Bonchev–Trinajstić information content (AvgIpc) is 3.26. The molecule has 0 radical (unpaired) electrons. The van der Waals surface area contributed by atoms with Gasteiger partial charge in [-0.15, -0.1) is 0 Å². The maximum atomic E-state index is 3.23. The number of hydrogen-bond donors (Lipinski definition) is 0. The number of hydrogen-bond acceptors (Lipinski definition) is 0. The van der Waals surface area contributed by atoms with Crippen LogP contribution in [0, 0.1) is 23.7 Å². The van der Waals surface area contributed by atoms with Crippen LogP contribution in [0.1, 0.15) is 23.1 Å². The summed E-state index contributed by atoms with van der Waals surface area (Å²) >= 11 is 0. The first-order valence-corrected chi connectivity index (χ1v) is 9.02. The average molecular weight is 342 g/mol. The van der Waals surface area contributed by atoms with Crippen molar-refractivity contribution in [3.05, 3.63) is 119 Å². The van der Waals surface area contributed by atoms with Gasteiger partial charge in [0.1, 0.15) is 0 Å². The molecule has 0 nitrogen and oxygen atoms in total. The molecule has 0 amide bonds. The lowest BCUT2D eigenvalue weighted by atomic mass is 10.0. The molecule has 4 rings (SSSR count). The van der Waals surface area contributed by atoms with Gasteiger partial charge in [0.25, 0.3) is 0 Å². The van der Waals surface area contributed by atoms with Crippen LogP contribution in [-0.2, 0) is 0 Å². The quantitative estimate of drug-likeness (QED) is 0.476. The Balaban J connectivity index is 1.46. The van der Waals surface area contributed by atoms with Crippen molar-refractivity contribution in [1.82, 2.24) is 0 Å². The van der Waals surface area contributed by atoms with E-state index < -0.39 is 0 Å². The van der Waals surface area contributed by atoms with Gasteiger partial charge in [0.2, 0.25) is 0 Å². The van der Waals surface area contributed by atoms with E-state index >= 15 is 0 Å². The Labute approximate surface area is 160 Å². The summed E-state index contributed by atoms with van der Waals surface area (Å²) in [6, 6.07) is 26.8. The van der Waals surface area contributed by atoms with E-state index in [0.29, 0.717) is 0 Å². The number of rotatable bonds is 1. The summed E-state index contributed by atoms with van der Waals surface area (Å²) in [5.74, 6) is 12.9. The highest BCUT2D eigenvalue weighted by Gasteiger charge is 1.98. The predicted molar refractivity (Wildman–Crippen MR) is 113 cm³/mol. The lowest BCUT2D eigenvalue weighted by molar-refractivity contribution is 1.36. The molecule has 1 aliphatic carbocycles. The SMILES string of the molecule is C(#Cc1ccc(-c2ccc(C#Cc3ccccc3)cc2)cc1)C1=CC=CC1. The van der Waals surface area contributed by atoms with Crippen molar-refractivity contribution in [2.75, 3.05) is 0 Å². The molecule has 0 aliphatic heterocycles. The molecule has 0 heteroatoms. The number of allylic oxidation sites excluding steroid dienone is 4. The molecule has 1 aliphatic rings. The van der Waals surface area contributed by atoms with Crippen LogP contribution in [-0.4, -0.2) is 0 Å². The third-order valence-corrected chi connectivity index (χ3v) is 4.37. The molecule has 0 unspecified atom stereocenters. The normalized spacial score (nSPS) is 11.8. The van der Waals surface area contributed by atoms with Crippen molar-refractivity contribution in [1.29, 1.82) is 0 Å². The van der Waals surface area contributed by atoms with E-state index in [1.54, 1.807) is 0 Å². The highest BCUT2D eigenvalue weighted by molar-refractivity contribution is 5.65. The Morgan fingerprint density at radius 2 is 1.04 bits per heavy atom.